The van der Waals surface area contributed by atoms with Gasteiger partial charge in [-0.2, -0.15) is 8.78 Å². The summed E-state index contributed by atoms with van der Waals surface area (Å²) in [6.45, 7) is 9.03. The van der Waals surface area contributed by atoms with Gasteiger partial charge in [0.05, 0.1) is 11.2 Å². The Morgan fingerprint density at radius 1 is 1.18 bits per heavy atom. The van der Waals surface area contributed by atoms with E-state index in [1.807, 2.05) is 27.7 Å². The summed E-state index contributed by atoms with van der Waals surface area (Å²) >= 11 is 0. The number of carboxylic acids is 1. The Labute approximate surface area is 128 Å². The van der Waals surface area contributed by atoms with Crippen LogP contribution in [0.5, 0.6) is 0 Å². The van der Waals surface area contributed by atoms with Crippen LogP contribution in [0.1, 0.15) is 38.8 Å². The lowest BCUT2D eigenvalue weighted by Gasteiger charge is -2.32. The topological polar surface area (TPSA) is 55.8 Å². The fraction of sp³-hybridized carbons (Fsp3) is 0.533. The summed E-state index contributed by atoms with van der Waals surface area (Å²) < 4.78 is 39.0. The van der Waals surface area contributed by atoms with E-state index in [1.165, 1.54) is 19.1 Å². The van der Waals surface area contributed by atoms with Crippen LogP contribution >= 0.6 is 0 Å². The first-order chi connectivity index (χ1) is 9.88. The number of carboxylic acid groups (broad SMARTS) is 1. The zero-order chi connectivity index (χ0) is 16.9. The average Bonchev–Trinajstić information content (AvgIpc) is 2.57. The molecule has 1 N–H and O–H groups in total. The van der Waals surface area contributed by atoms with E-state index in [2.05, 4.69) is 0 Å². The van der Waals surface area contributed by atoms with Crippen LogP contribution in [0.25, 0.3) is 0 Å². The summed E-state index contributed by atoms with van der Waals surface area (Å²) in [5.41, 5.74) is -0.828. The van der Waals surface area contributed by atoms with Gasteiger partial charge in [-0.15, -0.1) is 0 Å². The zero-order valence-corrected chi connectivity index (χ0v) is 13.2. The standard InChI is InChI=1S/C15H19BF2O4/c1-9-8-10(6-7-11(9)15(17,18)12(19)20)16-21-13(2,3)14(4,5)22-16/h6-8H,1-5H3,(H,19,20). The van der Waals surface area contributed by atoms with E-state index in [4.69, 9.17) is 14.4 Å². The van der Waals surface area contributed by atoms with Gasteiger partial charge in [0, 0.05) is 5.56 Å². The SMILES string of the molecule is Cc1cc(B2OC(C)(C)C(C)(C)O2)ccc1C(F)(F)C(=O)O. The van der Waals surface area contributed by atoms with Crippen molar-refractivity contribution in [1.29, 1.82) is 0 Å². The first-order valence-corrected chi connectivity index (χ1v) is 6.96. The molecule has 120 valence electrons. The van der Waals surface area contributed by atoms with E-state index in [9.17, 15) is 13.6 Å². The lowest BCUT2D eigenvalue weighted by molar-refractivity contribution is -0.166. The highest BCUT2D eigenvalue weighted by Crippen LogP contribution is 2.37. The highest BCUT2D eigenvalue weighted by atomic mass is 19.3. The fourth-order valence-electron chi connectivity index (χ4n) is 2.28. The van der Waals surface area contributed by atoms with Crippen molar-refractivity contribution in [3.05, 3.63) is 29.3 Å². The first-order valence-electron chi connectivity index (χ1n) is 6.96. The minimum Gasteiger partial charge on any atom is -0.477 e. The highest BCUT2D eigenvalue weighted by Gasteiger charge is 2.52. The molecule has 0 amide bonds. The number of halogens is 2. The maximum absolute atomic E-state index is 13.6. The zero-order valence-electron chi connectivity index (χ0n) is 13.2. The molecule has 22 heavy (non-hydrogen) atoms. The van der Waals surface area contributed by atoms with E-state index in [1.54, 1.807) is 0 Å². The molecule has 1 aromatic rings. The van der Waals surface area contributed by atoms with Gasteiger partial charge in [-0.05, 0) is 45.6 Å². The molecule has 1 fully saturated rings. The molecule has 0 aromatic heterocycles. The Bertz CT molecular complexity index is 598. The van der Waals surface area contributed by atoms with Gasteiger partial charge in [0.1, 0.15) is 0 Å². The third-order valence-electron chi connectivity index (χ3n) is 4.38. The second-order valence-electron chi connectivity index (χ2n) is 6.54. The van der Waals surface area contributed by atoms with Crippen LogP contribution in [-0.2, 0) is 20.0 Å². The molecule has 0 saturated carbocycles. The van der Waals surface area contributed by atoms with E-state index in [-0.39, 0.29) is 5.56 Å². The molecule has 0 radical (unpaired) electrons. The van der Waals surface area contributed by atoms with E-state index >= 15 is 0 Å². The van der Waals surface area contributed by atoms with E-state index in [0.29, 0.717) is 5.46 Å². The molecule has 1 aliphatic heterocycles. The second-order valence-corrected chi connectivity index (χ2v) is 6.54. The Hall–Kier alpha value is -1.47. The molecular weight excluding hydrogens is 293 g/mol. The van der Waals surface area contributed by atoms with Crippen molar-refractivity contribution in [2.45, 2.75) is 51.7 Å². The van der Waals surface area contributed by atoms with Crippen LogP contribution < -0.4 is 5.46 Å². The van der Waals surface area contributed by atoms with Crippen molar-refractivity contribution in [2.24, 2.45) is 0 Å². The molecular formula is C15H19BF2O4. The number of aliphatic carboxylic acids is 1. The van der Waals surface area contributed by atoms with Crippen molar-refractivity contribution in [3.63, 3.8) is 0 Å². The van der Waals surface area contributed by atoms with Crippen molar-refractivity contribution >= 4 is 18.6 Å². The lowest BCUT2D eigenvalue weighted by Crippen LogP contribution is -2.41. The predicted octanol–water partition coefficient (Wildman–Crippen LogP) is 2.47. The maximum atomic E-state index is 13.6. The van der Waals surface area contributed by atoms with Crippen molar-refractivity contribution in [2.75, 3.05) is 0 Å². The molecule has 0 unspecified atom stereocenters. The van der Waals surface area contributed by atoms with Gasteiger partial charge in [-0.1, -0.05) is 18.2 Å². The predicted molar refractivity (Wildman–Crippen MR) is 78.4 cm³/mol. The van der Waals surface area contributed by atoms with E-state index in [0.717, 1.165) is 6.07 Å². The van der Waals surface area contributed by atoms with E-state index < -0.39 is 35.8 Å². The van der Waals surface area contributed by atoms with Crippen LogP contribution in [0.2, 0.25) is 0 Å². The first kappa shape index (κ1) is 16.9. The Kier molecular flexibility index (Phi) is 3.86. The van der Waals surface area contributed by atoms with Crippen LogP contribution in [0, 0.1) is 6.92 Å². The fourth-order valence-corrected chi connectivity index (χ4v) is 2.28. The van der Waals surface area contributed by atoms with Gasteiger partial charge in [0.25, 0.3) is 0 Å². The number of carbonyl (C=O) groups is 1. The minimum absolute atomic E-state index is 0.180. The number of aryl methyl sites for hydroxylation is 1. The Balaban J connectivity index is 2.34. The van der Waals surface area contributed by atoms with Crippen LogP contribution in [0.4, 0.5) is 8.78 Å². The minimum atomic E-state index is -3.92. The van der Waals surface area contributed by atoms with Gasteiger partial charge in [-0.3, -0.25) is 0 Å². The number of hydrogen-bond acceptors (Lipinski definition) is 3. The summed E-state index contributed by atoms with van der Waals surface area (Å²) in [7, 11) is -0.670. The van der Waals surface area contributed by atoms with Crippen LogP contribution in [0.3, 0.4) is 0 Å². The van der Waals surface area contributed by atoms with Crippen LogP contribution in [-0.4, -0.2) is 29.4 Å². The number of hydrogen-bond donors (Lipinski definition) is 1. The molecule has 7 heteroatoms. The quantitative estimate of drug-likeness (QED) is 0.871. The highest BCUT2D eigenvalue weighted by molar-refractivity contribution is 6.62. The average molecular weight is 312 g/mol. The summed E-state index contributed by atoms with van der Waals surface area (Å²) in [5.74, 6) is -6.09. The van der Waals surface area contributed by atoms with Gasteiger partial charge >= 0.3 is 19.0 Å². The third kappa shape index (κ3) is 2.63. The van der Waals surface area contributed by atoms with Gasteiger partial charge in [0.15, 0.2) is 0 Å². The van der Waals surface area contributed by atoms with Crippen LogP contribution in [0.15, 0.2) is 18.2 Å². The Morgan fingerprint density at radius 3 is 2.09 bits per heavy atom. The molecule has 1 heterocycles. The normalized spacial score (nSPS) is 20.2. The molecule has 4 nitrogen and oxygen atoms in total. The molecule has 1 aliphatic rings. The number of alkyl halides is 2. The van der Waals surface area contributed by atoms with Gasteiger partial charge < -0.3 is 14.4 Å². The number of rotatable bonds is 3. The molecule has 2 rings (SSSR count). The third-order valence-corrected chi connectivity index (χ3v) is 4.38. The number of benzene rings is 1. The molecule has 0 spiro atoms. The molecule has 0 aliphatic carbocycles. The Morgan fingerprint density at radius 2 is 1.68 bits per heavy atom. The summed E-state index contributed by atoms with van der Waals surface area (Å²) in [5, 5.41) is 8.64. The monoisotopic (exact) mass is 312 g/mol. The van der Waals surface area contributed by atoms with Crippen molar-refractivity contribution in [3.8, 4) is 0 Å². The molecule has 0 bridgehead atoms. The summed E-state index contributed by atoms with van der Waals surface area (Å²) in [4.78, 5) is 10.7. The van der Waals surface area contributed by atoms with Gasteiger partial charge in [-0.25, -0.2) is 4.79 Å². The van der Waals surface area contributed by atoms with Gasteiger partial charge in [0.2, 0.25) is 0 Å². The smallest absolute Gasteiger partial charge is 0.477 e. The molecule has 1 aromatic carbocycles. The second kappa shape index (κ2) is 5.03. The van der Waals surface area contributed by atoms with Crippen molar-refractivity contribution < 1.29 is 28.0 Å². The lowest BCUT2D eigenvalue weighted by atomic mass is 9.77. The summed E-state index contributed by atoms with van der Waals surface area (Å²) in [6.07, 6.45) is 0. The van der Waals surface area contributed by atoms with Crippen molar-refractivity contribution in [1.82, 2.24) is 0 Å². The molecule has 1 saturated heterocycles. The molecule has 0 atom stereocenters. The maximum Gasteiger partial charge on any atom is 0.494 e. The largest absolute Gasteiger partial charge is 0.494 e. The summed E-state index contributed by atoms with van der Waals surface area (Å²) in [6, 6.07) is 4.01.